The Morgan fingerprint density at radius 2 is 2.00 bits per heavy atom. The average Bonchev–Trinajstić information content (AvgIpc) is 3.15. The fraction of sp³-hybridized carbons (Fsp3) is 0.543. The normalized spacial score (nSPS) is 20.5. The Labute approximate surface area is 262 Å². The first-order valence-corrected chi connectivity index (χ1v) is 15.9. The summed E-state index contributed by atoms with van der Waals surface area (Å²) in [6.45, 7) is 6.73. The molecule has 1 amide bonds. The standard InChI is InChI=1S/C35H47ClN2O5/c1-6-9-26-20-29(36)13-15-30(26)28-22-38(32-18-25(19-35(40)42-5)11-16-34(32)43-23-28)21-27-12-14-31(27)33(41-4)10-7-8-17-37(3)24(2)39/h7,10-11,13,15-16,18,20,27-28,31,33H,6,8-9,12,14,17,19,21-23H2,1-5H3/b10-7+. The van der Waals surface area contributed by atoms with Crippen molar-refractivity contribution in [3.8, 4) is 5.75 Å². The molecule has 4 atom stereocenters. The number of benzene rings is 2. The third kappa shape index (κ3) is 8.54. The Hall–Kier alpha value is -3.03. The molecule has 1 saturated carbocycles. The molecule has 4 unspecified atom stereocenters. The van der Waals surface area contributed by atoms with Gasteiger partial charge in [0.25, 0.3) is 0 Å². The van der Waals surface area contributed by atoms with Gasteiger partial charge in [-0.3, -0.25) is 9.59 Å². The van der Waals surface area contributed by atoms with Crippen molar-refractivity contribution in [1.29, 1.82) is 0 Å². The second kappa shape index (κ2) is 15.6. The number of methoxy groups -OCH3 is 2. The molecule has 0 N–H and O–H groups in total. The molecule has 1 fully saturated rings. The van der Waals surface area contributed by atoms with Crippen molar-refractivity contribution in [2.45, 2.75) is 64.4 Å². The number of carbonyl (C=O) groups excluding carboxylic acids is 2. The van der Waals surface area contributed by atoms with Gasteiger partial charge in [-0.2, -0.15) is 0 Å². The van der Waals surface area contributed by atoms with Crippen LogP contribution in [0.15, 0.2) is 48.6 Å². The van der Waals surface area contributed by atoms with E-state index in [0.717, 1.165) is 67.2 Å². The van der Waals surface area contributed by atoms with Gasteiger partial charge < -0.3 is 24.0 Å². The van der Waals surface area contributed by atoms with Crippen LogP contribution in [0.2, 0.25) is 5.02 Å². The first kappa shape index (κ1) is 32.9. The van der Waals surface area contributed by atoms with Crippen LogP contribution in [0.4, 0.5) is 5.69 Å². The SMILES string of the molecule is CCCc1cc(Cl)ccc1C1COc2ccc(CC(=O)OC)cc2N(CC2CCC2C(/C=C/CCN(C)C(C)=O)OC)C1. The van der Waals surface area contributed by atoms with Crippen LogP contribution < -0.4 is 9.64 Å². The fourth-order valence-electron chi connectivity index (χ4n) is 6.30. The number of nitrogens with zero attached hydrogens (tertiary/aromatic N) is 2. The summed E-state index contributed by atoms with van der Waals surface area (Å²) in [7, 11) is 5.03. The van der Waals surface area contributed by atoms with E-state index >= 15 is 0 Å². The van der Waals surface area contributed by atoms with Crippen LogP contribution in [0.5, 0.6) is 5.75 Å². The van der Waals surface area contributed by atoms with E-state index in [1.165, 1.54) is 18.2 Å². The summed E-state index contributed by atoms with van der Waals surface area (Å²) in [5.41, 5.74) is 4.51. The zero-order valence-corrected chi connectivity index (χ0v) is 27.1. The minimum Gasteiger partial charge on any atom is -0.491 e. The Balaban J connectivity index is 1.58. The average molecular weight is 611 g/mol. The number of hydrogen-bond donors (Lipinski definition) is 0. The summed E-state index contributed by atoms with van der Waals surface area (Å²) >= 11 is 6.41. The molecular formula is C35H47ClN2O5. The first-order chi connectivity index (χ1) is 20.7. The van der Waals surface area contributed by atoms with Crippen LogP contribution in [-0.2, 0) is 31.9 Å². The molecule has 2 aromatic rings. The van der Waals surface area contributed by atoms with Crippen molar-refractivity contribution in [3.63, 3.8) is 0 Å². The minimum absolute atomic E-state index is 0.0259. The smallest absolute Gasteiger partial charge is 0.309 e. The Kier molecular flexibility index (Phi) is 11.9. The van der Waals surface area contributed by atoms with Crippen LogP contribution in [0.3, 0.4) is 0 Å². The molecule has 2 aromatic carbocycles. The van der Waals surface area contributed by atoms with Crippen molar-refractivity contribution in [2.75, 3.05) is 52.4 Å². The number of anilines is 1. The number of ether oxygens (including phenoxy) is 3. The van der Waals surface area contributed by atoms with Gasteiger partial charge >= 0.3 is 5.97 Å². The van der Waals surface area contributed by atoms with Gasteiger partial charge in [-0.1, -0.05) is 49.2 Å². The predicted octanol–water partition coefficient (Wildman–Crippen LogP) is 6.46. The number of hydrogen-bond acceptors (Lipinski definition) is 6. The monoisotopic (exact) mass is 610 g/mol. The molecule has 0 saturated heterocycles. The summed E-state index contributed by atoms with van der Waals surface area (Å²) in [6, 6.07) is 12.3. The largest absolute Gasteiger partial charge is 0.491 e. The van der Waals surface area contributed by atoms with Crippen LogP contribution >= 0.6 is 11.6 Å². The molecule has 0 aromatic heterocycles. The molecule has 43 heavy (non-hydrogen) atoms. The van der Waals surface area contributed by atoms with E-state index in [4.69, 9.17) is 25.8 Å². The van der Waals surface area contributed by atoms with Crippen molar-refractivity contribution in [3.05, 3.63) is 70.3 Å². The highest BCUT2D eigenvalue weighted by Crippen LogP contribution is 2.43. The maximum atomic E-state index is 12.1. The second-order valence-electron chi connectivity index (χ2n) is 11.9. The Bertz CT molecular complexity index is 1280. The molecule has 2 aliphatic rings. The lowest BCUT2D eigenvalue weighted by Crippen LogP contribution is -2.44. The maximum absolute atomic E-state index is 12.1. The van der Waals surface area contributed by atoms with Gasteiger partial charge in [0.2, 0.25) is 5.91 Å². The molecular weight excluding hydrogens is 564 g/mol. The minimum atomic E-state index is -0.257. The third-order valence-corrected chi connectivity index (χ3v) is 9.24. The first-order valence-electron chi connectivity index (χ1n) is 15.5. The van der Waals surface area contributed by atoms with E-state index in [2.05, 4.69) is 42.2 Å². The second-order valence-corrected chi connectivity index (χ2v) is 12.4. The van der Waals surface area contributed by atoms with Crippen LogP contribution in [0, 0.1) is 11.8 Å². The summed E-state index contributed by atoms with van der Waals surface area (Å²) in [6.07, 6.45) is 9.62. The van der Waals surface area contributed by atoms with E-state index in [9.17, 15) is 9.59 Å². The summed E-state index contributed by atoms with van der Waals surface area (Å²) in [5.74, 6) is 1.69. The van der Waals surface area contributed by atoms with E-state index in [1.54, 1.807) is 18.9 Å². The molecule has 4 rings (SSSR count). The highest BCUT2D eigenvalue weighted by molar-refractivity contribution is 6.30. The number of rotatable bonds is 13. The van der Waals surface area contributed by atoms with Gasteiger partial charge in [0.1, 0.15) is 5.75 Å². The van der Waals surface area contributed by atoms with E-state index in [1.807, 2.05) is 25.2 Å². The van der Waals surface area contributed by atoms with E-state index in [0.29, 0.717) is 25.0 Å². The molecule has 7 nitrogen and oxygen atoms in total. The number of aryl methyl sites for hydroxylation is 1. The van der Waals surface area contributed by atoms with Crippen molar-refractivity contribution in [1.82, 2.24) is 4.90 Å². The molecule has 1 aliphatic heterocycles. The van der Waals surface area contributed by atoms with Gasteiger partial charge in [-0.05, 0) is 78.5 Å². The fourth-order valence-corrected chi connectivity index (χ4v) is 6.49. The Morgan fingerprint density at radius 3 is 2.67 bits per heavy atom. The van der Waals surface area contributed by atoms with Gasteiger partial charge in [-0.25, -0.2) is 0 Å². The molecule has 0 spiro atoms. The van der Waals surface area contributed by atoms with Gasteiger partial charge in [0.05, 0.1) is 31.9 Å². The van der Waals surface area contributed by atoms with Crippen LogP contribution in [0.1, 0.15) is 62.1 Å². The predicted molar refractivity (Wildman–Crippen MR) is 172 cm³/mol. The number of amides is 1. The Morgan fingerprint density at radius 1 is 1.19 bits per heavy atom. The van der Waals surface area contributed by atoms with Gasteiger partial charge in [0.15, 0.2) is 0 Å². The highest BCUT2D eigenvalue weighted by atomic mass is 35.5. The summed E-state index contributed by atoms with van der Waals surface area (Å²) in [4.78, 5) is 27.8. The van der Waals surface area contributed by atoms with Crippen molar-refractivity contribution < 1.29 is 23.8 Å². The lowest BCUT2D eigenvalue weighted by Gasteiger charge is -2.43. The lowest BCUT2D eigenvalue weighted by molar-refractivity contribution is -0.139. The quantitative estimate of drug-likeness (QED) is 0.192. The van der Waals surface area contributed by atoms with E-state index < -0.39 is 0 Å². The molecule has 0 radical (unpaired) electrons. The van der Waals surface area contributed by atoms with Crippen molar-refractivity contribution >= 4 is 29.2 Å². The number of carbonyl (C=O) groups is 2. The maximum Gasteiger partial charge on any atom is 0.309 e. The zero-order chi connectivity index (χ0) is 30.9. The van der Waals surface area contributed by atoms with Crippen LogP contribution in [-0.4, -0.2) is 70.4 Å². The van der Waals surface area contributed by atoms with Crippen LogP contribution in [0.25, 0.3) is 0 Å². The number of halogens is 1. The third-order valence-electron chi connectivity index (χ3n) is 9.00. The molecule has 1 heterocycles. The van der Waals surface area contributed by atoms with Crippen molar-refractivity contribution in [2.24, 2.45) is 11.8 Å². The molecule has 8 heteroatoms. The number of fused-ring (bicyclic) bond motifs is 1. The van der Waals surface area contributed by atoms with Gasteiger partial charge in [-0.15, -0.1) is 0 Å². The molecule has 234 valence electrons. The van der Waals surface area contributed by atoms with Gasteiger partial charge in [0, 0.05) is 51.7 Å². The number of esters is 1. The topological polar surface area (TPSA) is 68.3 Å². The molecule has 1 aliphatic carbocycles. The zero-order valence-electron chi connectivity index (χ0n) is 26.3. The highest BCUT2D eigenvalue weighted by Gasteiger charge is 2.38. The lowest BCUT2D eigenvalue weighted by atomic mass is 9.70. The van der Waals surface area contributed by atoms with E-state index in [-0.39, 0.29) is 30.3 Å². The summed E-state index contributed by atoms with van der Waals surface area (Å²) < 4.78 is 17.4. The summed E-state index contributed by atoms with van der Waals surface area (Å²) in [5, 5.41) is 0.762. The molecule has 0 bridgehead atoms.